The van der Waals surface area contributed by atoms with E-state index in [2.05, 4.69) is 0 Å². The van der Waals surface area contributed by atoms with Gasteiger partial charge in [-0.15, -0.1) is 0 Å². The Bertz CT molecular complexity index is 416. The molecule has 18 heavy (non-hydrogen) atoms. The standard InChI is InChI=1S/C14H19FO3/c1-9(2)18-14-7-11(10(3)5-6-16)12(15)8-13(14)17-4/h6-10H,5H2,1-4H3. The van der Waals surface area contributed by atoms with E-state index < -0.39 is 0 Å². The van der Waals surface area contributed by atoms with Crippen molar-refractivity contribution in [1.29, 1.82) is 0 Å². The molecule has 100 valence electrons. The van der Waals surface area contributed by atoms with Crippen molar-refractivity contribution in [2.75, 3.05) is 7.11 Å². The first-order valence-corrected chi connectivity index (χ1v) is 5.97. The molecule has 1 atom stereocenters. The minimum Gasteiger partial charge on any atom is -0.493 e. The van der Waals surface area contributed by atoms with Gasteiger partial charge >= 0.3 is 0 Å². The lowest BCUT2D eigenvalue weighted by atomic mass is 9.97. The Morgan fingerprint density at radius 2 is 1.94 bits per heavy atom. The second-order valence-electron chi connectivity index (χ2n) is 4.49. The molecule has 0 fully saturated rings. The number of benzene rings is 1. The monoisotopic (exact) mass is 254 g/mol. The van der Waals surface area contributed by atoms with E-state index in [1.165, 1.54) is 13.2 Å². The van der Waals surface area contributed by atoms with Crippen LogP contribution in [-0.2, 0) is 4.79 Å². The van der Waals surface area contributed by atoms with Crippen molar-refractivity contribution < 1.29 is 18.7 Å². The van der Waals surface area contributed by atoms with E-state index in [0.717, 1.165) is 6.29 Å². The van der Waals surface area contributed by atoms with Gasteiger partial charge in [0.1, 0.15) is 12.1 Å². The highest BCUT2D eigenvalue weighted by Crippen LogP contribution is 2.34. The minimum absolute atomic E-state index is 0.0291. The number of halogens is 1. The highest BCUT2D eigenvalue weighted by molar-refractivity contribution is 5.53. The van der Waals surface area contributed by atoms with E-state index in [1.54, 1.807) is 13.0 Å². The number of hydrogen-bond acceptors (Lipinski definition) is 3. The van der Waals surface area contributed by atoms with Crippen LogP contribution in [0, 0.1) is 5.82 Å². The molecule has 0 aliphatic heterocycles. The second kappa shape index (κ2) is 6.38. The number of ether oxygens (including phenoxy) is 2. The van der Waals surface area contributed by atoms with Gasteiger partial charge in [0, 0.05) is 12.5 Å². The topological polar surface area (TPSA) is 35.5 Å². The number of hydrogen-bond donors (Lipinski definition) is 0. The zero-order chi connectivity index (χ0) is 13.7. The molecule has 0 bridgehead atoms. The molecule has 0 amide bonds. The summed E-state index contributed by atoms with van der Waals surface area (Å²) in [4.78, 5) is 10.5. The van der Waals surface area contributed by atoms with Crippen LogP contribution in [0.5, 0.6) is 11.5 Å². The van der Waals surface area contributed by atoms with Crippen molar-refractivity contribution in [2.45, 2.75) is 39.2 Å². The molecule has 0 saturated heterocycles. The van der Waals surface area contributed by atoms with Crippen molar-refractivity contribution >= 4 is 6.29 Å². The summed E-state index contributed by atoms with van der Waals surface area (Å²) in [5, 5.41) is 0. The number of aldehydes is 1. The Balaban J connectivity index is 3.15. The van der Waals surface area contributed by atoms with E-state index in [9.17, 15) is 9.18 Å². The summed E-state index contributed by atoms with van der Waals surface area (Å²) in [5.41, 5.74) is 0.471. The maximum atomic E-state index is 13.9. The predicted octanol–water partition coefficient (Wildman–Crippen LogP) is 3.31. The van der Waals surface area contributed by atoms with Gasteiger partial charge in [0.25, 0.3) is 0 Å². The molecule has 0 radical (unpaired) electrons. The lowest BCUT2D eigenvalue weighted by Gasteiger charge is -2.17. The third-order valence-electron chi connectivity index (χ3n) is 2.63. The fraction of sp³-hybridized carbons (Fsp3) is 0.500. The van der Waals surface area contributed by atoms with E-state index in [1.807, 2.05) is 13.8 Å². The maximum Gasteiger partial charge on any atom is 0.163 e. The van der Waals surface area contributed by atoms with Gasteiger partial charge in [0.05, 0.1) is 13.2 Å². The van der Waals surface area contributed by atoms with Crippen LogP contribution >= 0.6 is 0 Å². The Hall–Kier alpha value is -1.58. The highest BCUT2D eigenvalue weighted by Gasteiger charge is 2.16. The van der Waals surface area contributed by atoms with Gasteiger partial charge in [-0.3, -0.25) is 0 Å². The average molecular weight is 254 g/mol. The Kier molecular flexibility index (Phi) is 5.13. The molecule has 1 unspecified atom stereocenters. The molecule has 0 aliphatic rings. The number of rotatable bonds is 6. The smallest absolute Gasteiger partial charge is 0.163 e. The molecule has 0 saturated carbocycles. The molecule has 4 heteroatoms. The van der Waals surface area contributed by atoms with Crippen LogP contribution in [0.3, 0.4) is 0 Å². The lowest BCUT2D eigenvalue weighted by Crippen LogP contribution is -2.08. The number of carbonyl (C=O) groups excluding carboxylic acids is 1. The van der Waals surface area contributed by atoms with Gasteiger partial charge in [0.2, 0.25) is 0 Å². The molecule has 0 aliphatic carbocycles. The van der Waals surface area contributed by atoms with Crippen LogP contribution in [0.15, 0.2) is 12.1 Å². The van der Waals surface area contributed by atoms with Crippen LogP contribution in [0.4, 0.5) is 4.39 Å². The third kappa shape index (κ3) is 3.45. The summed E-state index contributed by atoms with van der Waals surface area (Å²) in [7, 11) is 1.47. The Morgan fingerprint density at radius 1 is 1.28 bits per heavy atom. The van der Waals surface area contributed by atoms with E-state index in [4.69, 9.17) is 9.47 Å². The first kappa shape index (κ1) is 14.5. The number of methoxy groups -OCH3 is 1. The van der Waals surface area contributed by atoms with Crippen LogP contribution in [0.1, 0.15) is 38.7 Å². The lowest BCUT2D eigenvalue weighted by molar-refractivity contribution is -0.108. The first-order valence-electron chi connectivity index (χ1n) is 5.97. The van der Waals surface area contributed by atoms with Crippen LogP contribution in [0.25, 0.3) is 0 Å². The number of carbonyl (C=O) groups is 1. The average Bonchev–Trinajstić information content (AvgIpc) is 2.30. The van der Waals surface area contributed by atoms with Crippen molar-refractivity contribution in [3.8, 4) is 11.5 Å². The summed E-state index contributed by atoms with van der Waals surface area (Å²) in [6, 6.07) is 2.91. The third-order valence-corrected chi connectivity index (χ3v) is 2.63. The van der Waals surface area contributed by atoms with Crippen LogP contribution in [-0.4, -0.2) is 19.5 Å². The van der Waals surface area contributed by atoms with Crippen LogP contribution in [0.2, 0.25) is 0 Å². The van der Waals surface area contributed by atoms with E-state index in [-0.39, 0.29) is 24.3 Å². The minimum atomic E-state index is -0.377. The summed E-state index contributed by atoms with van der Waals surface area (Å²) >= 11 is 0. The Morgan fingerprint density at radius 3 is 2.44 bits per heavy atom. The van der Waals surface area contributed by atoms with Crippen LogP contribution < -0.4 is 9.47 Å². The molecule has 0 aromatic heterocycles. The maximum absolute atomic E-state index is 13.9. The zero-order valence-electron chi connectivity index (χ0n) is 11.2. The summed E-state index contributed by atoms with van der Waals surface area (Å²) < 4.78 is 24.5. The van der Waals surface area contributed by atoms with Gasteiger partial charge in [-0.2, -0.15) is 0 Å². The normalized spacial score (nSPS) is 12.3. The van der Waals surface area contributed by atoms with Gasteiger partial charge in [-0.25, -0.2) is 4.39 Å². The van der Waals surface area contributed by atoms with Gasteiger partial charge in [0.15, 0.2) is 11.5 Å². The molecular formula is C14H19FO3. The van der Waals surface area contributed by atoms with Crippen molar-refractivity contribution in [2.24, 2.45) is 0 Å². The van der Waals surface area contributed by atoms with Crippen molar-refractivity contribution in [3.05, 3.63) is 23.5 Å². The fourth-order valence-corrected chi connectivity index (χ4v) is 1.71. The quantitative estimate of drug-likeness (QED) is 0.730. The predicted molar refractivity (Wildman–Crippen MR) is 67.8 cm³/mol. The molecule has 0 heterocycles. The Labute approximate surface area is 107 Å². The first-order chi connectivity index (χ1) is 8.49. The molecule has 1 aromatic carbocycles. The molecule has 0 N–H and O–H groups in total. The summed E-state index contributed by atoms with van der Waals surface area (Å²) in [6.07, 6.45) is 1.04. The molecule has 1 rings (SSSR count). The van der Waals surface area contributed by atoms with Gasteiger partial charge in [-0.05, 0) is 31.4 Å². The van der Waals surface area contributed by atoms with Crippen molar-refractivity contribution in [1.82, 2.24) is 0 Å². The van der Waals surface area contributed by atoms with E-state index >= 15 is 0 Å². The fourth-order valence-electron chi connectivity index (χ4n) is 1.71. The largest absolute Gasteiger partial charge is 0.493 e. The second-order valence-corrected chi connectivity index (χ2v) is 4.49. The molecule has 0 spiro atoms. The van der Waals surface area contributed by atoms with Gasteiger partial charge < -0.3 is 14.3 Å². The van der Waals surface area contributed by atoms with E-state index in [0.29, 0.717) is 17.1 Å². The highest BCUT2D eigenvalue weighted by atomic mass is 19.1. The SMILES string of the molecule is COc1cc(F)c(C(C)CC=O)cc1OC(C)C. The summed E-state index contributed by atoms with van der Waals surface area (Å²) in [5.74, 6) is 0.310. The summed E-state index contributed by atoms with van der Waals surface area (Å²) in [6.45, 7) is 5.58. The molecular weight excluding hydrogens is 235 g/mol. The zero-order valence-corrected chi connectivity index (χ0v) is 11.2. The van der Waals surface area contributed by atoms with Gasteiger partial charge in [-0.1, -0.05) is 6.92 Å². The molecule has 3 nitrogen and oxygen atoms in total. The van der Waals surface area contributed by atoms with Crippen molar-refractivity contribution in [3.63, 3.8) is 0 Å². The molecule has 1 aromatic rings.